The zero-order chi connectivity index (χ0) is 14.0. The van der Waals surface area contributed by atoms with Crippen LogP contribution in [0, 0.1) is 20.8 Å². The second-order valence-corrected chi connectivity index (χ2v) is 5.01. The van der Waals surface area contributed by atoms with Crippen molar-refractivity contribution >= 4 is 0 Å². The average molecular weight is 259 g/mol. The lowest BCUT2D eigenvalue weighted by Crippen LogP contribution is -2.11. The third-order valence-corrected chi connectivity index (χ3v) is 3.61. The number of rotatable bonds is 4. The van der Waals surface area contributed by atoms with Gasteiger partial charge < -0.3 is 5.11 Å². The maximum atomic E-state index is 10.4. The topological polar surface area (TPSA) is 50.9 Å². The summed E-state index contributed by atoms with van der Waals surface area (Å²) in [6.45, 7) is 8.99. The average Bonchev–Trinajstić information content (AvgIpc) is 2.80. The van der Waals surface area contributed by atoms with Gasteiger partial charge in [0.25, 0.3) is 0 Å². The molecule has 19 heavy (non-hydrogen) atoms. The van der Waals surface area contributed by atoms with Gasteiger partial charge in [-0.25, -0.2) is 4.98 Å². The molecule has 0 amide bonds. The molecule has 1 aromatic carbocycles. The van der Waals surface area contributed by atoms with Crippen LogP contribution in [0.4, 0.5) is 0 Å². The Morgan fingerprint density at radius 2 is 1.84 bits per heavy atom. The summed E-state index contributed by atoms with van der Waals surface area (Å²) in [5.41, 5.74) is 4.56. The van der Waals surface area contributed by atoms with Gasteiger partial charge in [-0.05, 0) is 49.9 Å². The Morgan fingerprint density at radius 1 is 1.16 bits per heavy atom. The Bertz CT molecular complexity index is 575. The molecule has 0 aliphatic carbocycles. The molecule has 1 atom stereocenters. The Hall–Kier alpha value is -1.68. The van der Waals surface area contributed by atoms with Gasteiger partial charge in [-0.3, -0.25) is 4.68 Å². The molecule has 102 valence electrons. The number of aromatic nitrogens is 3. The summed E-state index contributed by atoms with van der Waals surface area (Å²) < 4.78 is 1.82. The van der Waals surface area contributed by atoms with Crippen molar-refractivity contribution in [2.75, 3.05) is 0 Å². The molecule has 0 radical (unpaired) electrons. The van der Waals surface area contributed by atoms with E-state index in [2.05, 4.69) is 36.1 Å². The number of benzene rings is 1. The first-order chi connectivity index (χ1) is 9.02. The largest absolute Gasteiger partial charge is 0.388 e. The summed E-state index contributed by atoms with van der Waals surface area (Å²) in [5.74, 6) is 0.827. The van der Waals surface area contributed by atoms with E-state index in [1.807, 2.05) is 18.5 Å². The summed E-state index contributed by atoms with van der Waals surface area (Å²) in [6, 6.07) is 4.19. The van der Waals surface area contributed by atoms with Crippen LogP contribution in [0.1, 0.15) is 41.1 Å². The lowest BCUT2D eigenvalue weighted by molar-refractivity contribution is 0.173. The van der Waals surface area contributed by atoms with Gasteiger partial charge in [0.05, 0.1) is 6.10 Å². The van der Waals surface area contributed by atoms with Crippen molar-refractivity contribution in [3.8, 4) is 0 Å². The summed E-state index contributed by atoms with van der Waals surface area (Å²) in [5, 5.41) is 14.6. The molecular weight excluding hydrogens is 238 g/mol. The smallest absolute Gasteiger partial charge is 0.138 e. The predicted molar refractivity (Wildman–Crippen MR) is 75.0 cm³/mol. The molecule has 0 saturated heterocycles. The first kappa shape index (κ1) is 13.7. The zero-order valence-corrected chi connectivity index (χ0v) is 12.0. The molecule has 1 N–H and O–H groups in total. The van der Waals surface area contributed by atoms with Crippen LogP contribution in [0.2, 0.25) is 0 Å². The van der Waals surface area contributed by atoms with E-state index >= 15 is 0 Å². The maximum absolute atomic E-state index is 10.4. The summed E-state index contributed by atoms with van der Waals surface area (Å²) >= 11 is 0. The number of nitrogens with zero attached hydrogens (tertiary/aromatic N) is 3. The first-order valence-electron chi connectivity index (χ1n) is 6.65. The lowest BCUT2D eigenvalue weighted by Gasteiger charge is -2.16. The van der Waals surface area contributed by atoms with Crippen LogP contribution in [0.3, 0.4) is 0 Å². The van der Waals surface area contributed by atoms with Crippen molar-refractivity contribution in [3.05, 3.63) is 46.5 Å². The van der Waals surface area contributed by atoms with E-state index < -0.39 is 6.10 Å². The highest BCUT2D eigenvalue weighted by molar-refractivity contribution is 5.37. The molecule has 2 rings (SSSR count). The molecule has 1 aromatic heterocycles. The summed E-state index contributed by atoms with van der Waals surface area (Å²) in [6.07, 6.45) is 1.50. The second-order valence-electron chi connectivity index (χ2n) is 5.01. The molecule has 0 fully saturated rings. The third kappa shape index (κ3) is 2.84. The van der Waals surface area contributed by atoms with Gasteiger partial charge in [-0.2, -0.15) is 5.10 Å². The van der Waals surface area contributed by atoms with Crippen LogP contribution in [-0.2, 0) is 13.0 Å². The maximum Gasteiger partial charge on any atom is 0.138 e. The fourth-order valence-corrected chi connectivity index (χ4v) is 2.34. The van der Waals surface area contributed by atoms with Crippen molar-refractivity contribution in [3.63, 3.8) is 0 Å². The summed E-state index contributed by atoms with van der Waals surface area (Å²) in [4.78, 5) is 4.21. The van der Waals surface area contributed by atoms with Crippen molar-refractivity contribution in [2.45, 2.75) is 46.8 Å². The molecule has 0 spiro atoms. The van der Waals surface area contributed by atoms with Crippen LogP contribution in [0.5, 0.6) is 0 Å². The van der Waals surface area contributed by atoms with Crippen molar-refractivity contribution in [1.82, 2.24) is 14.8 Å². The highest BCUT2D eigenvalue weighted by Gasteiger charge is 2.15. The fraction of sp³-hybridized carbons (Fsp3) is 0.467. The van der Waals surface area contributed by atoms with Gasteiger partial charge in [0, 0.05) is 13.0 Å². The first-order valence-corrected chi connectivity index (χ1v) is 6.65. The van der Waals surface area contributed by atoms with E-state index in [9.17, 15) is 5.11 Å². The lowest BCUT2D eigenvalue weighted by atomic mass is 9.96. The molecule has 0 aliphatic heterocycles. The number of aliphatic hydroxyl groups excluding tert-OH is 1. The molecular formula is C15H21N3O. The predicted octanol–water partition coefficient (Wildman–Crippen LogP) is 2.50. The number of hydrogen-bond acceptors (Lipinski definition) is 3. The monoisotopic (exact) mass is 259 g/mol. The van der Waals surface area contributed by atoms with Gasteiger partial charge in [0.15, 0.2) is 0 Å². The molecule has 1 unspecified atom stereocenters. The van der Waals surface area contributed by atoms with Crippen molar-refractivity contribution in [1.29, 1.82) is 0 Å². The fourth-order valence-electron chi connectivity index (χ4n) is 2.34. The summed E-state index contributed by atoms with van der Waals surface area (Å²) in [7, 11) is 0. The van der Waals surface area contributed by atoms with Gasteiger partial charge >= 0.3 is 0 Å². The van der Waals surface area contributed by atoms with Crippen LogP contribution in [-0.4, -0.2) is 19.9 Å². The Labute approximate surface area is 114 Å². The normalized spacial score (nSPS) is 12.7. The van der Waals surface area contributed by atoms with Crippen molar-refractivity contribution in [2.24, 2.45) is 0 Å². The molecule has 4 heteroatoms. The minimum atomic E-state index is -0.534. The second kappa shape index (κ2) is 5.53. The van der Waals surface area contributed by atoms with Gasteiger partial charge in [-0.15, -0.1) is 0 Å². The zero-order valence-electron chi connectivity index (χ0n) is 12.0. The minimum absolute atomic E-state index is 0.497. The number of aryl methyl sites for hydroxylation is 4. The number of hydrogen-bond donors (Lipinski definition) is 1. The molecule has 0 bridgehead atoms. The quantitative estimate of drug-likeness (QED) is 0.917. The third-order valence-electron chi connectivity index (χ3n) is 3.61. The molecule has 2 aromatic rings. The Kier molecular flexibility index (Phi) is 4.00. The van der Waals surface area contributed by atoms with Crippen LogP contribution >= 0.6 is 0 Å². The highest BCUT2D eigenvalue weighted by atomic mass is 16.3. The molecule has 0 aliphatic rings. The van der Waals surface area contributed by atoms with Crippen LogP contribution in [0.15, 0.2) is 18.5 Å². The van der Waals surface area contributed by atoms with E-state index in [0.717, 1.165) is 23.5 Å². The highest BCUT2D eigenvalue weighted by Crippen LogP contribution is 2.24. The molecule has 0 saturated carbocycles. The minimum Gasteiger partial charge on any atom is -0.388 e. The Balaban J connectivity index is 2.25. The SMILES string of the molecule is CCn1ncnc1CC(O)c1cc(C)c(C)cc1C. The van der Waals surface area contributed by atoms with Gasteiger partial charge in [-0.1, -0.05) is 12.1 Å². The van der Waals surface area contributed by atoms with E-state index in [4.69, 9.17) is 0 Å². The molecule has 1 heterocycles. The Morgan fingerprint density at radius 3 is 2.53 bits per heavy atom. The van der Waals surface area contributed by atoms with Crippen LogP contribution < -0.4 is 0 Å². The van der Waals surface area contributed by atoms with E-state index in [1.165, 1.54) is 11.1 Å². The van der Waals surface area contributed by atoms with E-state index in [0.29, 0.717) is 6.42 Å². The van der Waals surface area contributed by atoms with Gasteiger partial charge in [0.1, 0.15) is 12.2 Å². The molecule has 4 nitrogen and oxygen atoms in total. The van der Waals surface area contributed by atoms with E-state index in [1.54, 1.807) is 6.33 Å². The van der Waals surface area contributed by atoms with Gasteiger partial charge in [0.2, 0.25) is 0 Å². The van der Waals surface area contributed by atoms with Crippen LogP contribution in [0.25, 0.3) is 0 Å². The van der Waals surface area contributed by atoms with E-state index in [-0.39, 0.29) is 0 Å². The van der Waals surface area contributed by atoms with Crippen molar-refractivity contribution < 1.29 is 5.11 Å². The standard InChI is InChI=1S/C15H21N3O/c1-5-18-15(16-9-17-18)8-14(19)13-7-11(3)10(2)6-12(13)4/h6-7,9,14,19H,5,8H2,1-4H3. The number of aliphatic hydroxyl groups is 1.